The quantitative estimate of drug-likeness (QED) is 0.554. The predicted molar refractivity (Wildman–Crippen MR) is 123 cm³/mol. The molecule has 1 aliphatic rings. The lowest BCUT2D eigenvalue weighted by Crippen LogP contribution is -2.43. The molecule has 0 unspecified atom stereocenters. The number of benzene rings is 2. The zero-order valence-corrected chi connectivity index (χ0v) is 18.5. The van der Waals surface area contributed by atoms with Gasteiger partial charge in [-0.15, -0.1) is 0 Å². The summed E-state index contributed by atoms with van der Waals surface area (Å²) in [6.45, 7) is 7.67. The Morgan fingerprint density at radius 1 is 1.16 bits per heavy atom. The van der Waals surface area contributed by atoms with Crippen LogP contribution in [-0.2, 0) is 6.54 Å². The van der Waals surface area contributed by atoms with E-state index in [1.807, 2.05) is 45.9 Å². The Hall–Kier alpha value is -3.52. The first kappa shape index (κ1) is 21.7. The molecule has 4 rings (SSSR count). The summed E-state index contributed by atoms with van der Waals surface area (Å²) >= 11 is 0. The van der Waals surface area contributed by atoms with Crippen LogP contribution in [0.25, 0.3) is 11.3 Å². The van der Waals surface area contributed by atoms with Crippen molar-refractivity contribution in [2.24, 2.45) is 0 Å². The Morgan fingerprint density at radius 3 is 2.53 bits per heavy atom. The number of para-hydroxylation sites is 1. The Morgan fingerprint density at radius 2 is 1.88 bits per heavy atom. The average Bonchev–Trinajstić information content (AvgIpc) is 2.74. The van der Waals surface area contributed by atoms with Crippen molar-refractivity contribution in [1.82, 2.24) is 15.3 Å². The standard InChI is InChI=1S/C24H26FN5O2/c1-13-6-5-7-14(2)21(13)30-22-19(11-26-24(30)32)20(18-9-8-17(25)10-15(18)3)28-23(29-22)27-16(4)12-31/h5-10,16,31H,11-12H2,1-4H3,(H,26,32)(H,27,28,29)/t16-/m0/s1. The number of aromatic nitrogens is 2. The molecule has 1 atom stereocenters. The van der Waals surface area contributed by atoms with Gasteiger partial charge < -0.3 is 15.7 Å². The van der Waals surface area contributed by atoms with E-state index < -0.39 is 0 Å². The smallest absolute Gasteiger partial charge is 0.328 e. The molecule has 0 bridgehead atoms. The monoisotopic (exact) mass is 435 g/mol. The number of hydrogen-bond acceptors (Lipinski definition) is 5. The van der Waals surface area contributed by atoms with Crippen molar-refractivity contribution in [3.63, 3.8) is 0 Å². The van der Waals surface area contributed by atoms with E-state index in [0.29, 0.717) is 11.5 Å². The van der Waals surface area contributed by atoms with Gasteiger partial charge in [0, 0.05) is 17.2 Å². The maximum atomic E-state index is 13.8. The second-order valence-corrected chi connectivity index (χ2v) is 8.12. The predicted octanol–water partition coefficient (Wildman–Crippen LogP) is 4.36. The number of aryl methyl sites for hydroxylation is 3. The average molecular weight is 436 g/mol. The van der Waals surface area contributed by atoms with Gasteiger partial charge in [0.1, 0.15) is 5.82 Å². The van der Waals surface area contributed by atoms with Gasteiger partial charge in [-0.05, 0) is 62.6 Å². The van der Waals surface area contributed by atoms with Gasteiger partial charge in [-0.1, -0.05) is 18.2 Å². The van der Waals surface area contributed by atoms with Crippen molar-refractivity contribution in [3.8, 4) is 11.3 Å². The number of anilines is 3. The third kappa shape index (κ3) is 3.89. The van der Waals surface area contributed by atoms with Gasteiger partial charge in [-0.25, -0.2) is 19.1 Å². The molecule has 0 radical (unpaired) electrons. The number of carbonyl (C=O) groups excluding carboxylic acids is 1. The summed E-state index contributed by atoms with van der Waals surface area (Å²) in [5.41, 5.74) is 5.45. The van der Waals surface area contributed by atoms with Crippen molar-refractivity contribution in [2.45, 2.75) is 40.3 Å². The van der Waals surface area contributed by atoms with Crippen LogP contribution in [0, 0.1) is 26.6 Å². The molecule has 1 aliphatic heterocycles. The first-order valence-electron chi connectivity index (χ1n) is 10.5. The zero-order valence-electron chi connectivity index (χ0n) is 18.5. The fraction of sp³-hybridized carbons (Fsp3) is 0.292. The zero-order chi connectivity index (χ0) is 23.0. The molecule has 7 nitrogen and oxygen atoms in total. The van der Waals surface area contributed by atoms with Crippen LogP contribution in [0.3, 0.4) is 0 Å². The number of amides is 2. The second kappa shape index (κ2) is 8.55. The SMILES string of the molecule is Cc1cc(F)ccc1-c1nc(N[C@@H](C)CO)nc2c1CNC(=O)N2c1c(C)cccc1C. The molecule has 2 aromatic carbocycles. The van der Waals surface area contributed by atoms with Gasteiger partial charge in [-0.2, -0.15) is 4.98 Å². The molecule has 3 N–H and O–H groups in total. The Bertz CT molecular complexity index is 1180. The number of halogens is 1. The number of urea groups is 1. The van der Waals surface area contributed by atoms with E-state index in [0.717, 1.165) is 33.5 Å². The van der Waals surface area contributed by atoms with E-state index in [9.17, 15) is 14.3 Å². The number of nitrogens with one attached hydrogen (secondary N) is 2. The summed E-state index contributed by atoms with van der Waals surface area (Å²) in [5, 5.41) is 15.5. The fourth-order valence-electron chi connectivity index (χ4n) is 3.97. The highest BCUT2D eigenvalue weighted by molar-refractivity contribution is 6.03. The fourth-order valence-corrected chi connectivity index (χ4v) is 3.97. The summed E-state index contributed by atoms with van der Waals surface area (Å²) in [7, 11) is 0. The van der Waals surface area contributed by atoms with E-state index in [1.165, 1.54) is 12.1 Å². The van der Waals surface area contributed by atoms with Crippen LogP contribution in [0.5, 0.6) is 0 Å². The Kier molecular flexibility index (Phi) is 5.80. The molecule has 2 heterocycles. The lowest BCUT2D eigenvalue weighted by atomic mass is 9.99. The van der Waals surface area contributed by atoms with Crippen molar-refractivity contribution < 1.29 is 14.3 Å². The molecule has 166 valence electrons. The van der Waals surface area contributed by atoms with Crippen molar-refractivity contribution in [1.29, 1.82) is 0 Å². The first-order chi connectivity index (χ1) is 15.3. The number of nitrogens with zero attached hydrogens (tertiary/aromatic N) is 3. The number of aliphatic hydroxyl groups excluding tert-OH is 1. The molecule has 0 fully saturated rings. The first-order valence-corrected chi connectivity index (χ1v) is 10.5. The highest BCUT2D eigenvalue weighted by atomic mass is 19.1. The van der Waals surface area contributed by atoms with Gasteiger partial charge in [0.05, 0.1) is 24.5 Å². The lowest BCUT2D eigenvalue weighted by Gasteiger charge is -2.32. The van der Waals surface area contributed by atoms with Crippen LogP contribution in [0.2, 0.25) is 0 Å². The minimum atomic E-state index is -0.327. The Balaban J connectivity index is 1.99. The second-order valence-electron chi connectivity index (χ2n) is 8.12. The van der Waals surface area contributed by atoms with Crippen molar-refractivity contribution in [3.05, 3.63) is 64.5 Å². The maximum absolute atomic E-state index is 13.8. The Labute approximate surface area is 186 Å². The molecule has 0 saturated heterocycles. The summed E-state index contributed by atoms with van der Waals surface area (Å²) in [5.74, 6) is 0.425. The third-order valence-electron chi connectivity index (χ3n) is 5.57. The highest BCUT2D eigenvalue weighted by Crippen LogP contribution is 2.39. The lowest BCUT2D eigenvalue weighted by molar-refractivity contribution is 0.246. The van der Waals surface area contributed by atoms with Gasteiger partial charge in [0.2, 0.25) is 5.95 Å². The molecule has 8 heteroatoms. The van der Waals surface area contributed by atoms with Crippen LogP contribution >= 0.6 is 0 Å². The van der Waals surface area contributed by atoms with Crippen LogP contribution in [0.4, 0.5) is 26.6 Å². The molecular weight excluding hydrogens is 409 g/mol. The van der Waals surface area contributed by atoms with Gasteiger partial charge in [-0.3, -0.25) is 0 Å². The van der Waals surface area contributed by atoms with Crippen molar-refractivity contribution in [2.75, 3.05) is 16.8 Å². The molecular formula is C24H26FN5O2. The van der Waals surface area contributed by atoms with E-state index in [2.05, 4.69) is 15.6 Å². The minimum Gasteiger partial charge on any atom is -0.394 e. The normalized spacial score (nSPS) is 14.1. The summed E-state index contributed by atoms with van der Waals surface area (Å²) in [6, 6.07) is 9.81. The van der Waals surface area contributed by atoms with Gasteiger partial charge in [0.15, 0.2) is 5.82 Å². The number of rotatable bonds is 5. The van der Waals surface area contributed by atoms with E-state index in [1.54, 1.807) is 11.0 Å². The molecule has 2 amide bonds. The van der Waals surface area contributed by atoms with E-state index >= 15 is 0 Å². The van der Waals surface area contributed by atoms with Gasteiger partial charge >= 0.3 is 6.03 Å². The van der Waals surface area contributed by atoms with E-state index in [-0.39, 0.29) is 37.0 Å². The molecule has 3 aromatic rings. The minimum absolute atomic E-state index is 0.105. The van der Waals surface area contributed by atoms with Gasteiger partial charge in [0.25, 0.3) is 0 Å². The molecule has 0 saturated carbocycles. The van der Waals surface area contributed by atoms with Crippen LogP contribution in [-0.4, -0.2) is 33.8 Å². The number of fused-ring (bicyclic) bond motifs is 1. The number of hydrogen-bond donors (Lipinski definition) is 3. The molecule has 0 spiro atoms. The van der Waals surface area contributed by atoms with Crippen LogP contribution in [0.1, 0.15) is 29.2 Å². The number of aliphatic hydroxyl groups is 1. The maximum Gasteiger partial charge on any atom is 0.328 e. The number of carbonyl (C=O) groups is 1. The third-order valence-corrected chi connectivity index (χ3v) is 5.57. The molecule has 1 aromatic heterocycles. The van der Waals surface area contributed by atoms with Crippen molar-refractivity contribution >= 4 is 23.5 Å². The van der Waals surface area contributed by atoms with Crippen LogP contribution < -0.4 is 15.5 Å². The largest absolute Gasteiger partial charge is 0.394 e. The molecule has 0 aliphatic carbocycles. The van der Waals surface area contributed by atoms with Crippen LogP contribution in [0.15, 0.2) is 36.4 Å². The summed E-state index contributed by atoms with van der Waals surface area (Å²) in [6.07, 6.45) is 0. The molecule has 32 heavy (non-hydrogen) atoms. The highest BCUT2D eigenvalue weighted by Gasteiger charge is 2.32. The summed E-state index contributed by atoms with van der Waals surface area (Å²) < 4.78 is 13.8. The van der Waals surface area contributed by atoms with E-state index in [4.69, 9.17) is 4.98 Å². The topological polar surface area (TPSA) is 90.4 Å². The summed E-state index contributed by atoms with van der Waals surface area (Å²) in [4.78, 5) is 24.0.